The number of ether oxygens (including phenoxy) is 2. The lowest BCUT2D eigenvalue weighted by molar-refractivity contribution is -0.385. The van der Waals surface area contributed by atoms with Crippen molar-refractivity contribution in [3.8, 4) is 11.5 Å². The van der Waals surface area contributed by atoms with Gasteiger partial charge in [0.25, 0.3) is 16.8 Å². The van der Waals surface area contributed by atoms with Crippen molar-refractivity contribution in [1.82, 2.24) is 9.80 Å². The van der Waals surface area contributed by atoms with Crippen LogP contribution in [-0.4, -0.2) is 76.3 Å². The second-order valence-electron chi connectivity index (χ2n) is 6.33. The van der Waals surface area contributed by atoms with Crippen molar-refractivity contribution in [1.29, 1.82) is 0 Å². The topological polar surface area (TPSA) is 140 Å². The Hall–Kier alpha value is -3.12. The smallest absolute Gasteiger partial charge is 0.294 e. The molecule has 30 heavy (non-hydrogen) atoms. The second-order valence-corrected chi connectivity index (χ2v) is 7.33. The molecular weight excluding hydrogens is 418 g/mol. The molecule has 0 unspecified atom stereocenters. The van der Waals surface area contributed by atoms with Crippen molar-refractivity contribution in [3.63, 3.8) is 0 Å². The number of imide groups is 1. The lowest BCUT2D eigenvalue weighted by atomic mass is 10.1. The molecule has 2 fully saturated rings. The summed E-state index contributed by atoms with van der Waals surface area (Å²) in [6.07, 6.45) is 1.18. The SMILES string of the molecule is CCOc1cc([N+](=O)[O-])cc(/C=C2/SC(=O)N(CC(=O)N3CCOCC3)C2=O)c1O. The second kappa shape index (κ2) is 9.13. The molecule has 11 nitrogen and oxygen atoms in total. The predicted octanol–water partition coefficient (Wildman–Crippen LogP) is 1.59. The number of phenols is 1. The Morgan fingerprint density at radius 1 is 1.37 bits per heavy atom. The summed E-state index contributed by atoms with van der Waals surface area (Å²) in [6.45, 7) is 2.94. The number of rotatable bonds is 6. The maximum atomic E-state index is 12.7. The standard InChI is InChI=1S/C18H19N3O8S/c1-2-29-13-9-12(21(26)27)7-11(16(13)23)8-14-17(24)20(18(25)30-14)10-15(22)19-3-5-28-6-4-19/h7-9,23H,2-6,10H2,1H3/b14-8+. The number of aromatic hydroxyl groups is 1. The maximum Gasteiger partial charge on any atom is 0.294 e. The van der Waals surface area contributed by atoms with Gasteiger partial charge >= 0.3 is 0 Å². The number of hydrogen-bond donors (Lipinski definition) is 1. The highest BCUT2D eigenvalue weighted by Crippen LogP contribution is 2.39. The largest absolute Gasteiger partial charge is 0.504 e. The summed E-state index contributed by atoms with van der Waals surface area (Å²) in [7, 11) is 0. The van der Waals surface area contributed by atoms with Crippen molar-refractivity contribution in [3.05, 3.63) is 32.7 Å². The number of carbonyl (C=O) groups is 3. The highest BCUT2D eigenvalue weighted by molar-refractivity contribution is 8.18. The molecule has 1 aromatic carbocycles. The van der Waals surface area contributed by atoms with Crippen molar-refractivity contribution < 1.29 is 33.9 Å². The Labute approximate surface area is 175 Å². The van der Waals surface area contributed by atoms with Gasteiger partial charge in [-0.05, 0) is 24.8 Å². The first kappa shape index (κ1) is 21.6. The molecule has 2 aliphatic rings. The molecule has 1 aromatic rings. The highest BCUT2D eigenvalue weighted by Gasteiger charge is 2.37. The first-order chi connectivity index (χ1) is 14.3. The van der Waals surface area contributed by atoms with E-state index in [4.69, 9.17) is 9.47 Å². The third-order valence-electron chi connectivity index (χ3n) is 4.42. The number of nitrogens with zero attached hydrogens (tertiary/aromatic N) is 3. The summed E-state index contributed by atoms with van der Waals surface area (Å²) in [5.74, 6) is -1.59. The van der Waals surface area contributed by atoms with Crippen LogP contribution in [0, 0.1) is 10.1 Å². The summed E-state index contributed by atoms with van der Waals surface area (Å²) in [4.78, 5) is 50.0. The molecule has 3 amide bonds. The molecule has 2 aliphatic heterocycles. The molecule has 0 aromatic heterocycles. The van der Waals surface area contributed by atoms with Gasteiger partial charge in [0.05, 0.1) is 35.7 Å². The first-order valence-corrected chi connectivity index (χ1v) is 9.88. The zero-order valence-electron chi connectivity index (χ0n) is 16.0. The number of benzene rings is 1. The quantitative estimate of drug-likeness (QED) is 0.399. The first-order valence-electron chi connectivity index (χ1n) is 9.07. The van der Waals surface area contributed by atoms with Crippen LogP contribution in [0.3, 0.4) is 0 Å². The number of thioether (sulfide) groups is 1. The van der Waals surface area contributed by atoms with Gasteiger partial charge in [-0.1, -0.05) is 0 Å². The third-order valence-corrected chi connectivity index (χ3v) is 5.32. The molecule has 0 saturated carbocycles. The van der Waals surface area contributed by atoms with Gasteiger partial charge in [-0.3, -0.25) is 29.4 Å². The van der Waals surface area contributed by atoms with E-state index in [0.29, 0.717) is 38.1 Å². The molecule has 0 atom stereocenters. The molecule has 2 saturated heterocycles. The van der Waals surface area contributed by atoms with Crippen molar-refractivity contribution in [2.45, 2.75) is 6.92 Å². The van der Waals surface area contributed by atoms with E-state index in [1.54, 1.807) is 6.92 Å². The molecule has 12 heteroatoms. The van der Waals surface area contributed by atoms with Gasteiger partial charge in [-0.15, -0.1) is 0 Å². The van der Waals surface area contributed by atoms with Gasteiger partial charge < -0.3 is 19.5 Å². The van der Waals surface area contributed by atoms with Gasteiger partial charge in [0.1, 0.15) is 6.54 Å². The lowest BCUT2D eigenvalue weighted by Gasteiger charge is -2.28. The zero-order valence-corrected chi connectivity index (χ0v) is 16.8. The molecular formula is C18H19N3O8S. The van der Waals surface area contributed by atoms with Crippen molar-refractivity contribution >= 4 is 40.6 Å². The fourth-order valence-electron chi connectivity index (χ4n) is 2.92. The van der Waals surface area contributed by atoms with Crippen LogP contribution in [0.25, 0.3) is 6.08 Å². The van der Waals surface area contributed by atoms with Gasteiger partial charge in [0, 0.05) is 24.7 Å². The summed E-state index contributed by atoms with van der Waals surface area (Å²) < 4.78 is 10.4. The van der Waals surface area contributed by atoms with E-state index in [2.05, 4.69) is 0 Å². The van der Waals surface area contributed by atoms with Crippen LogP contribution in [0.5, 0.6) is 11.5 Å². The highest BCUT2D eigenvalue weighted by atomic mass is 32.2. The number of phenolic OH excluding ortho intramolecular Hbond substituents is 1. The van der Waals surface area contributed by atoms with E-state index in [-0.39, 0.29) is 34.4 Å². The number of hydrogen-bond acceptors (Lipinski definition) is 9. The summed E-state index contributed by atoms with van der Waals surface area (Å²) >= 11 is 0.589. The molecule has 160 valence electrons. The van der Waals surface area contributed by atoms with E-state index < -0.39 is 28.4 Å². The number of non-ortho nitro benzene ring substituents is 1. The number of nitro benzene ring substituents is 1. The average Bonchev–Trinajstić information content (AvgIpc) is 2.98. The van der Waals surface area contributed by atoms with E-state index in [0.717, 1.165) is 17.0 Å². The molecule has 0 bridgehead atoms. The van der Waals surface area contributed by atoms with E-state index in [1.807, 2.05) is 0 Å². The predicted molar refractivity (Wildman–Crippen MR) is 106 cm³/mol. The minimum atomic E-state index is -0.713. The van der Waals surface area contributed by atoms with Crippen LogP contribution in [-0.2, 0) is 14.3 Å². The molecule has 0 radical (unpaired) electrons. The number of carbonyl (C=O) groups excluding carboxylic acids is 3. The van der Waals surface area contributed by atoms with Crippen LogP contribution in [0.2, 0.25) is 0 Å². The van der Waals surface area contributed by atoms with Gasteiger partial charge in [-0.25, -0.2) is 0 Å². The Morgan fingerprint density at radius 3 is 2.70 bits per heavy atom. The Balaban J connectivity index is 1.84. The summed E-state index contributed by atoms with van der Waals surface area (Å²) in [5, 5.41) is 20.9. The summed E-state index contributed by atoms with van der Waals surface area (Å²) in [5.41, 5.74) is -0.387. The van der Waals surface area contributed by atoms with Crippen LogP contribution in [0.1, 0.15) is 12.5 Å². The number of nitro groups is 1. The van der Waals surface area contributed by atoms with Crippen LogP contribution in [0.15, 0.2) is 17.0 Å². The van der Waals surface area contributed by atoms with E-state index in [9.17, 15) is 29.6 Å². The maximum absolute atomic E-state index is 12.7. The summed E-state index contributed by atoms with van der Waals surface area (Å²) in [6, 6.07) is 2.15. The van der Waals surface area contributed by atoms with E-state index >= 15 is 0 Å². The fourth-order valence-corrected chi connectivity index (χ4v) is 3.75. The van der Waals surface area contributed by atoms with Gasteiger partial charge in [0.2, 0.25) is 5.91 Å². The molecule has 2 heterocycles. The molecule has 1 N–H and O–H groups in total. The number of amides is 3. The van der Waals surface area contributed by atoms with Crippen LogP contribution < -0.4 is 4.74 Å². The van der Waals surface area contributed by atoms with Crippen molar-refractivity contribution in [2.75, 3.05) is 39.5 Å². The third kappa shape index (κ3) is 4.54. The lowest BCUT2D eigenvalue weighted by Crippen LogP contribution is -2.46. The molecule has 0 aliphatic carbocycles. The number of morpholine rings is 1. The monoisotopic (exact) mass is 437 g/mol. The van der Waals surface area contributed by atoms with Gasteiger partial charge in [0.15, 0.2) is 11.5 Å². The minimum Gasteiger partial charge on any atom is -0.504 e. The Morgan fingerprint density at radius 2 is 2.07 bits per heavy atom. The fraction of sp³-hybridized carbons (Fsp3) is 0.389. The van der Waals surface area contributed by atoms with Crippen LogP contribution in [0.4, 0.5) is 10.5 Å². The normalized spacial score (nSPS) is 18.2. The molecule has 3 rings (SSSR count). The van der Waals surface area contributed by atoms with E-state index in [1.165, 1.54) is 11.0 Å². The minimum absolute atomic E-state index is 0.0438. The molecule has 0 spiro atoms. The van der Waals surface area contributed by atoms with Crippen molar-refractivity contribution in [2.24, 2.45) is 0 Å². The average molecular weight is 437 g/mol. The Kier molecular flexibility index (Phi) is 6.57. The van der Waals surface area contributed by atoms with Crippen LogP contribution >= 0.6 is 11.8 Å². The van der Waals surface area contributed by atoms with Gasteiger partial charge in [-0.2, -0.15) is 0 Å². The zero-order chi connectivity index (χ0) is 21.8. The Bertz CT molecular complexity index is 926.